The second kappa shape index (κ2) is 6.93. The van der Waals surface area contributed by atoms with Crippen LogP contribution in [0, 0.1) is 10.2 Å². The third-order valence-corrected chi connectivity index (χ3v) is 6.56. The van der Waals surface area contributed by atoms with Gasteiger partial charge in [-0.25, -0.2) is 19.0 Å². The maximum Gasteiger partial charge on any atom is 0.417 e. The van der Waals surface area contributed by atoms with Gasteiger partial charge < -0.3 is 10.2 Å². The van der Waals surface area contributed by atoms with Gasteiger partial charge in [-0.15, -0.1) is 0 Å². The van der Waals surface area contributed by atoms with Crippen LogP contribution in [0.4, 0.5) is 24.7 Å². The molecule has 1 amide bonds. The van der Waals surface area contributed by atoms with E-state index in [4.69, 9.17) is 4.78 Å². The molecule has 160 valence electrons. The lowest BCUT2D eigenvalue weighted by Gasteiger charge is -2.25. The zero-order valence-electron chi connectivity index (χ0n) is 16.1. The van der Waals surface area contributed by atoms with Crippen LogP contribution >= 0.6 is 0 Å². The van der Waals surface area contributed by atoms with Crippen molar-refractivity contribution in [3.63, 3.8) is 0 Å². The lowest BCUT2D eigenvalue weighted by molar-refractivity contribution is -0.137. The Morgan fingerprint density at radius 1 is 1.30 bits per heavy atom. The van der Waals surface area contributed by atoms with Crippen LogP contribution in [0.5, 0.6) is 0 Å². The Balaban J connectivity index is 1.57. The molecule has 0 radical (unpaired) electrons. The molecule has 2 fully saturated rings. The van der Waals surface area contributed by atoms with Gasteiger partial charge in [0.05, 0.1) is 15.3 Å². The molecule has 4 rings (SSSR count). The molecule has 3 heterocycles. The Labute approximate surface area is 171 Å². The molecule has 2 aromatic rings. The Hall–Kier alpha value is -2.69. The highest BCUT2D eigenvalue weighted by Crippen LogP contribution is 2.55. The van der Waals surface area contributed by atoms with Gasteiger partial charge in [0.25, 0.3) is 0 Å². The number of carbonyl (C=O) groups excluding carboxylic acids is 1. The standard InChI is InChI=1S/C19H20F3N5O2S/c1-30(23,29)16-8-13(4-7-24-16)26-17(28)14-9-18(5-6-18)11-27(14)15-3-2-12(10-25-15)19(20,21)22/h2-4,7-8,10,14,23H,5-6,9,11H2,1H3,(H,24,26,28)/t14-,30-/m1/s1. The van der Waals surface area contributed by atoms with Gasteiger partial charge in [-0.3, -0.25) is 4.79 Å². The van der Waals surface area contributed by atoms with Crippen LogP contribution in [0.1, 0.15) is 24.8 Å². The van der Waals surface area contributed by atoms with E-state index in [-0.39, 0.29) is 16.3 Å². The fourth-order valence-corrected chi connectivity index (χ4v) is 4.33. The van der Waals surface area contributed by atoms with Crippen LogP contribution in [-0.4, -0.2) is 38.9 Å². The molecule has 1 saturated heterocycles. The van der Waals surface area contributed by atoms with Gasteiger partial charge in [0.2, 0.25) is 5.91 Å². The van der Waals surface area contributed by atoms with E-state index in [9.17, 15) is 22.2 Å². The summed E-state index contributed by atoms with van der Waals surface area (Å²) in [7, 11) is -3.03. The van der Waals surface area contributed by atoms with Crippen LogP contribution < -0.4 is 10.2 Å². The van der Waals surface area contributed by atoms with Crippen molar-refractivity contribution in [3.05, 3.63) is 42.2 Å². The summed E-state index contributed by atoms with van der Waals surface area (Å²) in [4.78, 5) is 22.6. The molecule has 2 N–H and O–H groups in total. The van der Waals surface area contributed by atoms with E-state index in [2.05, 4.69) is 15.3 Å². The van der Waals surface area contributed by atoms with Gasteiger partial charge in [-0.05, 0) is 48.9 Å². The number of alkyl halides is 3. The van der Waals surface area contributed by atoms with Crippen molar-refractivity contribution in [1.29, 1.82) is 4.78 Å². The average molecular weight is 439 g/mol. The third-order valence-electron chi connectivity index (χ3n) is 5.54. The predicted molar refractivity (Wildman–Crippen MR) is 105 cm³/mol. The van der Waals surface area contributed by atoms with Crippen LogP contribution in [0.25, 0.3) is 0 Å². The zero-order chi connectivity index (χ0) is 21.7. The Morgan fingerprint density at radius 2 is 2.03 bits per heavy atom. The second-order valence-corrected chi connectivity index (χ2v) is 10.1. The molecule has 0 unspecified atom stereocenters. The number of amides is 1. The first-order valence-corrected chi connectivity index (χ1v) is 11.2. The normalized spacial score (nSPS) is 22.0. The molecule has 1 aliphatic carbocycles. The first kappa shape index (κ1) is 20.6. The van der Waals surface area contributed by atoms with Crippen molar-refractivity contribution in [3.8, 4) is 0 Å². The van der Waals surface area contributed by atoms with Crippen LogP contribution in [0.3, 0.4) is 0 Å². The number of pyridine rings is 2. The van der Waals surface area contributed by atoms with Gasteiger partial charge in [0, 0.05) is 30.9 Å². The molecule has 0 bridgehead atoms. The highest BCUT2D eigenvalue weighted by molar-refractivity contribution is 7.91. The molecule has 11 heteroatoms. The van der Waals surface area contributed by atoms with E-state index in [0.29, 0.717) is 24.5 Å². The molecule has 1 saturated carbocycles. The number of carbonyl (C=O) groups is 1. The Kier molecular flexibility index (Phi) is 4.75. The first-order valence-electron chi connectivity index (χ1n) is 9.28. The molecule has 7 nitrogen and oxygen atoms in total. The summed E-state index contributed by atoms with van der Waals surface area (Å²) in [5.41, 5.74) is -0.478. The van der Waals surface area contributed by atoms with Crippen molar-refractivity contribution in [2.75, 3.05) is 23.0 Å². The third kappa shape index (κ3) is 4.11. The van der Waals surface area contributed by atoms with E-state index < -0.39 is 27.5 Å². The van der Waals surface area contributed by atoms with Crippen LogP contribution in [0.2, 0.25) is 0 Å². The van der Waals surface area contributed by atoms with Crippen molar-refractivity contribution < 1.29 is 22.2 Å². The minimum Gasteiger partial charge on any atom is -0.344 e. The number of nitrogens with one attached hydrogen (secondary N) is 2. The second-order valence-electron chi connectivity index (χ2n) is 7.97. The summed E-state index contributed by atoms with van der Waals surface area (Å²) in [6, 6.07) is 4.61. The number of hydrogen-bond donors (Lipinski definition) is 2. The van der Waals surface area contributed by atoms with Gasteiger partial charge in [-0.1, -0.05) is 0 Å². The molecule has 2 aromatic heterocycles. The first-order chi connectivity index (χ1) is 14.0. The fourth-order valence-electron chi connectivity index (χ4n) is 3.72. The highest BCUT2D eigenvalue weighted by Gasteiger charge is 2.54. The van der Waals surface area contributed by atoms with E-state index in [0.717, 1.165) is 25.1 Å². The molecular formula is C19H20F3N5O2S. The van der Waals surface area contributed by atoms with E-state index >= 15 is 0 Å². The number of hydrogen-bond acceptors (Lipinski definition) is 6. The Bertz CT molecular complexity index is 1080. The van der Waals surface area contributed by atoms with Crippen molar-refractivity contribution in [2.24, 2.45) is 5.41 Å². The Morgan fingerprint density at radius 3 is 2.60 bits per heavy atom. The lowest BCUT2D eigenvalue weighted by atomic mass is 10.0. The summed E-state index contributed by atoms with van der Waals surface area (Å²) in [6.07, 6.45) is 1.43. The SMILES string of the molecule is C[S@@](=N)(=O)c1cc(NC(=O)[C@H]2CC3(CC3)CN2c2ccc(C(F)(F)F)cn2)ccn1. The molecule has 30 heavy (non-hydrogen) atoms. The maximum atomic E-state index is 13.0. The van der Waals surface area contributed by atoms with Gasteiger partial charge in [0.1, 0.15) is 16.9 Å². The van der Waals surface area contributed by atoms with Crippen molar-refractivity contribution >= 4 is 27.1 Å². The minimum absolute atomic E-state index is 0.00525. The van der Waals surface area contributed by atoms with Crippen molar-refractivity contribution in [1.82, 2.24) is 9.97 Å². The number of anilines is 2. The monoisotopic (exact) mass is 439 g/mol. The van der Waals surface area contributed by atoms with E-state index in [1.807, 2.05) is 0 Å². The van der Waals surface area contributed by atoms with Gasteiger partial charge in [0.15, 0.2) is 0 Å². The molecule has 2 aliphatic rings. The van der Waals surface area contributed by atoms with E-state index in [1.54, 1.807) is 4.90 Å². The zero-order valence-corrected chi connectivity index (χ0v) is 16.9. The van der Waals surface area contributed by atoms with Gasteiger partial charge in [-0.2, -0.15) is 13.2 Å². The van der Waals surface area contributed by atoms with Crippen LogP contribution in [0.15, 0.2) is 41.7 Å². The molecular weight excluding hydrogens is 419 g/mol. The average Bonchev–Trinajstić information content (AvgIpc) is 3.31. The topological polar surface area (TPSA) is 99.0 Å². The summed E-state index contributed by atoms with van der Waals surface area (Å²) >= 11 is 0. The van der Waals surface area contributed by atoms with Crippen molar-refractivity contribution in [2.45, 2.75) is 36.5 Å². The summed E-state index contributed by atoms with van der Waals surface area (Å²) < 4.78 is 58.1. The van der Waals surface area contributed by atoms with Gasteiger partial charge >= 0.3 is 6.18 Å². The fraction of sp³-hybridized carbons (Fsp3) is 0.421. The number of aromatic nitrogens is 2. The predicted octanol–water partition coefficient (Wildman–Crippen LogP) is 3.53. The quantitative estimate of drug-likeness (QED) is 0.759. The maximum absolute atomic E-state index is 13.0. The molecule has 1 spiro atoms. The molecule has 2 atom stereocenters. The number of nitrogens with zero attached hydrogens (tertiary/aromatic N) is 3. The minimum atomic E-state index is -4.47. The van der Waals surface area contributed by atoms with Crippen LogP contribution in [-0.2, 0) is 20.7 Å². The largest absolute Gasteiger partial charge is 0.417 e. The summed E-state index contributed by atoms with van der Waals surface area (Å²) in [5.74, 6) is -0.00437. The number of halogens is 3. The summed E-state index contributed by atoms with van der Waals surface area (Å²) in [5, 5.41) is 2.82. The number of rotatable bonds is 4. The lowest BCUT2D eigenvalue weighted by Crippen LogP contribution is -2.40. The summed E-state index contributed by atoms with van der Waals surface area (Å²) in [6.45, 7) is 0.556. The molecule has 0 aromatic carbocycles. The smallest absolute Gasteiger partial charge is 0.344 e. The molecule has 1 aliphatic heterocycles. The van der Waals surface area contributed by atoms with E-state index in [1.165, 1.54) is 30.7 Å². The highest BCUT2D eigenvalue weighted by atomic mass is 32.2.